The van der Waals surface area contributed by atoms with E-state index in [1.54, 1.807) is 0 Å². The largest absolute Gasteiger partial charge is 0.381 e. The van der Waals surface area contributed by atoms with Crippen LogP contribution in [0, 0.1) is 20.8 Å². The first-order chi connectivity index (χ1) is 21.8. The van der Waals surface area contributed by atoms with Crippen LogP contribution in [0.4, 0.5) is 5.69 Å². The summed E-state index contributed by atoms with van der Waals surface area (Å²) in [4.78, 5) is 31.8. The van der Waals surface area contributed by atoms with Crippen molar-refractivity contribution in [1.82, 2.24) is 15.6 Å². The van der Waals surface area contributed by atoms with Gasteiger partial charge in [-0.1, -0.05) is 43.5 Å². The van der Waals surface area contributed by atoms with Crippen LogP contribution in [0.3, 0.4) is 0 Å². The topological polar surface area (TPSA) is 86.5 Å². The number of rotatable bonds is 10. The average Bonchev–Trinajstić information content (AvgIpc) is 3.81. The number of ether oxygens (including phenoxy) is 1. The first kappa shape index (κ1) is 31.6. The van der Waals surface area contributed by atoms with Crippen LogP contribution in [0.15, 0.2) is 47.3 Å². The number of nitrogens with zero attached hydrogens (tertiary/aromatic N) is 1. The van der Waals surface area contributed by atoms with E-state index < -0.39 is 0 Å². The summed E-state index contributed by atoms with van der Waals surface area (Å²) in [5.41, 5.74) is 8.39. The highest BCUT2D eigenvalue weighted by atomic mass is 16.5. The maximum Gasteiger partial charge on any atom is 0.253 e. The van der Waals surface area contributed by atoms with E-state index in [1.807, 2.05) is 26.0 Å². The van der Waals surface area contributed by atoms with E-state index in [-0.39, 0.29) is 18.0 Å². The van der Waals surface area contributed by atoms with E-state index in [9.17, 15) is 9.59 Å². The number of aryl methyl sites for hydroxylation is 2. The number of aromatic amines is 1. The highest BCUT2D eigenvalue weighted by Gasteiger charge is 2.39. The molecule has 7 heteroatoms. The smallest absolute Gasteiger partial charge is 0.253 e. The fourth-order valence-electron chi connectivity index (χ4n) is 7.63. The average molecular weight is 611 g/mol. The Morgan fingerprint density at radius 3 is 2.38 bits per heavy atom. The number of hydrogen-bond donors (Lipinski definition) is 3. The minimum Gasteiger partial charge on any atom is -0.381 e. The number of hydrogen-bond acceptors (Lipinski definition) is 5. The van der Waals surface area contributed by atoms with Crippen molar-refractivity contribution in [3.63, 3.8) is 0 Å². The van der Waals surface area contributed by atoms with Crippen molar-refractivity contribution in [1.29, 1.82) is 0 Å². The zero-order valence-corrected chi connectivity index (χ0v) is 27.5. The number of pyridine rings is 1. The Balaban J connectivity index is 1.27. The molecule has 45 heavy (non-hydrogen) atoms. The van der Waals surface area contributed by atoms with Crippen LogP contribution in [0.1, 0.15) is 103 Å². The van der Waals surface area contributed by atoms with Crippen molar-refractivity contribution in [2.24, 2.45) is 0 Å². The molecule has 1 amide bonds. The molecule has 1 aliphatic heterocycles. The summed E-state index contributed by atoms with van der Waals surface area (Å²) >= 11 is 0. The number of carbonyl (C=O) groups excluding carboxylic acids is 1. The van der Waals surface area contributed by atoms with E-state index in [2.05, 4.69) is 64.7 Å². The van der Waals surface area contributed by atoms with E-state index >= 15 is 0 Å². The molecule has 2 saturated carbocycles. The molecule has 0 radical (unpaired) electrons. The summed E-state index contributed by atoms with van der Waals surface area (Å²) in [7, 11) is 0. The summed E-state index contributed by atoms with van der Waals surface area (Å²) in [5.74, 6) is 0.428. The zero-order chi connectivity index (χ0) is 31.5. The SMILES string of the molecule is CCN(c1cc(-c2ccc([C@@H]3C[C@H]3NC3CCCCC3)cc2)cc(C(=O)NCc2c(C)cc(C)[nH]c2=O)c1C)C1CCOCC1. The molecule has 6 rings (SSSR count). The summed E-state index contributed by atoms with van der Waals surface area (Å²) in [6.45, 7) is 10.6. The molecule has 3 aromatic rings. The minimum atomic E-state index is -0.163. The monoisotopic (exact) mass is 610 g/mol. The van der Waals surface area contributed by atoms with Crippen molar-refractivity contribution in [2.75, 3.05) is 24.7 Å². The first-order valence-corrected chi connectivity index (χ1v) is 17.2. The van der Waals surface area contributed by atoms with Gasteiger partial charge in [0.15, 0.2) is 0 Å². The Labute approximate surface area is 268 Å². The molecule has 3 N–H and O–H groups in total. The predicted octanol–water partition coefficient (Wildman–Crippen LogP) is 6.68. The van der Waals surface area contributed by atoms with Gasteiger partial charge in [0.25, 0.3) is 11.5 Å². The number of H-pyrrole nitrogens is 1. The second-order valence-electron chi connectivity index (χ2n) is 13.5. The Bertz CT molecular complexity index is 1550. The van der Waals surface area contributed by atoms with Crippen LogP contribution in [0.5, 0.6) is 0 Å². The molecular weight excluding hydrogens is 560 g/mol. The van der Waals surface area contributed by atoms with E-state index in [0.717, 1.165) is 66.2 Å². The molecule has 0 spiro atoms. The second kappa shape index (κ2) is 13.9. The first-order valence-electron chi connectivity index (χ1n) is 17.2. The van der Waals surface area contributed by atoms with Gasteiger partial charge in [0.05, 0.1) is 0 Å². The number of nitrogens with one attached hydrogen (secondary N) is 3. The van der Waals surface area contributed by atoms with Gasteiger partial charge in [0.1, 0.15) is 0 Å². The fraction of sp³-hybridized carbons (Fsp3) is 0.526. The normalized spacial score (nSPS) is 20.6. The van der Waals surface area contributed by atoms with Crippen molar-refractivity contribution < 1.29 is 9.53 Å². The highest BCUT2D eigenvalue weighted by molar-refractivity contribution is 5.99. The van der Waals surface area contributed by atoms with Gasteiger partial charge in [-0.3, -0.25) is 9.59 Å². The Hall–Kier alpha value is -3.42. The van der Waals surface area contributed by atoms with Gasteiger partial charge >= 0.3 is 0 Å². The summed E-state index contributed by atoms with van der Waals surface area (Å²) in [6, 6.07) is 16.9. The van der Waals surface area contributed by atoms with Gasteiger partial charge in [0, 0.05) is 72.9 Å². The van der Waals surface area contributed by atoms with Crippen LogP contribution < -0.4 is 21.1 Å². The third-order valence-electron chi connectivity index (χ3n) is 10.3. The van der Waals surface area contributed by atoms with Crippen LogP contribution in [0.2, 0.25) is 0 Å². The van der Waals surface area contributed by atoms with Crippen LogP contribution >= 0.6 is 0 Å². The summed E-state index contributed by atoms with van der Waals surface area (Å²) in [6.07, 6.45) is 9.90. The molecule has 2 aromatic carbocycles. The number of benzene rings is 2. The molecule has 2 atom stereocenters. The van der Waals surface area contributed by atoms with Gasteiger partial charge in [-0.25, -0.2) is 0 Å². The van der Waals surface area contributed by atoms with Gasteiger partial charge < -0.3 is 25.3 Å². The molecule has 0 unspecified atom stereocenters. The quantitative estimate of drug-likeness (QED) is 0.238. The van der Waals surface area contributed by atoms with Gasteiger partial charge in [-0.05, 0) is 106 Å². The second-order valence-corrected chi connectivity index (χ2v) is 13.5. The maximum absolute atomic E-state index is 13.8. The summed E-state index contributed by atoms with van der Waals surface area (Å²) < 4.78 is 5.68. The number of aromatic nitrogens is 1. The molecular formula is C38H50N4O3. The van der Waals surface area contributed by atoms with Crippen molar-refractivity contribution in [3.8, 4) is 11.1 Å². The minimum absolute atomic E-state index is 0.150. The third-order valence-corrected chi connectivity index (χ3v) is 10.3. The number of amides is 1. The lowest BCUT2D eigenvalue weighted by molar-refractivity contribution is 0.0846. The van der Waals surface area contributed by atoms with Gasteiger partial charge in [0.2, 0.25) is 0 Å². The number of anilines is 1. The lowest BCUT2D eigenvalue weighted by Crippen LogP contribution is -2.40. The molecule has 1 aromatic heterocycles. The van der Waals surface area contributed by atoms with Crippen molar-refractivity contribution in [3.05, 3.63) is 86.3 Å². The molecule has 3 aliphatic rings. The number of carbonyl (C=O) groups is 1. The predicted molar refractivity (Wildman–Crippen MR) is 182 cm³/mol. The molecule has 240 valence electrons. The zero-order valence-electron chi connectivity index (χ0n) is 27.5. The lowest BCUT2D eigenvalue weighted by atomic mass is 9.94. The highest BCUT2D eigenvalue weighted by Crippen LogP contribution is 2.43. The van der Waals surface area contributed by atoms with Crippen molar-refractivity contribution >= 4 is 11.6 Å². The molecule has 2 heterocycles. The van der Waals surface area contributed by atoms with E-state index in [0.29, 0.717) is 35.2 Å². The molecule has 0 bridgehead atoms. The van der Waals surface area contributed by atoms with Crippen LogP contribution in [-0.2, 0) is 11.3 Å². The standard InChI is InChI=1S/C38H50N4O3/c1-5-42(31-15-17-45-18-16-31)36-21-29(20-32(26(36)4)37(43)39-23-34-24(2)19-25(3)40-38(34)44)27-11-13-28(14-12-27)33-22-35(33)41-30-9-7-6-8-10-30/h11-14,19-21,30-31,33,35,41H,5-10,15-18,22-23H2,1-4H3,(H,39,43)(H,40,44)/t33-,35+/m0/s1. The third kappa shape index (κ3) is 7.20. The maximum atomic E-state index is 13.8. The van der Waals surface area contributed by atoms with Gasteiger partial charge in [-0.2, -0.15) is 0 Å². The Morgan fingerprint density at radius 2 is 1.69 bits per heavy atom. The Kier molecular flexibility index (Phi) is 9.76. The molecule has 1 saturated heterocycles. The molecule has 2 aliphatic carbocycles. The molecule has 3 fully saturated rings. The van der Waals surface area contributed by atoms with E-state index in [4.69, 9.17) is 4.74 Å². The van der Waals surface area contributed by atoms with Crippen LogP contribution in [-0.4, -0.2) is 48.8 Å². The van der Waals surface area contributed by atoms with Crippen LogP contribution in [0.25, 0.3) is 11.1 Å². The molecule has 7 nitrogen and oxygen atoms in total. The summed E-state index contributed by atoms with van der Waals surface area (Å²) in [5, 5.41) is 6.99. The van der Waals surface area contributed by atoms with Gasteiger partial charge in [-0.15, -0.1) is 0 Å². The van der Waals surface area contributed by atoms with E-state index in [1.165, 1.54) is 44.1 Å². The van der Waals surface area contributed by atoms with Crippen molar-refractivity contribution in [2.45, 2.75) is 110 Å². The Morgan fingerprint density at radius 1 is 0.956 bits per heavy atom. The lowest BCUT2D eigenvalue weighted by Gasteiger charge is -2.37. The fourth-order valence-corrected chi connectivity index (χ4v) is 7.63.